The molecule has 1 atom stereocenters. The molecular formula is C20H20N6O3S. The Hall–Kier alpha value is -3.27. The summed E-state index contributed by atoms with van der Waals surface area (Å²) in [5.41, 5.74) is 2.02. The van der Waals surface area contributed by atoms with Crippen LogP contribution in [0, 0.1) is 5.92 Å². The van der Waals surface area contributed by atoms with Crippen molar-refractivity contribution in [1.82, 2.24) is 25.1 Å². The van der Waals surface area contributed by atoms with Crippen LogP contribution in [0.2, 0.25) is 0 Å². The molecule has 2 N–H and O–H groups in total. The Morgan fingerprint density at radius 2 is 2.10 bits per heavy atom. The van der Waals surface area contributed by atoms with Crippen LogP contribution < -0.4 is 10.1 Å². The molecule has 0 radical (unpaired) electrons. The fourth-order valence-corrected chi connectivity index (χ4v) is 3.86. The van der Waals surface area contributed by atoms with E-state index in [2.05, 4.69) is 30.5 Å². The summed E-state index contributed by atoms with van der Waals surface area (Å²) in [4.78, 5) is 37.2. The molecule has 1 aliphatic rings. The maximum Gasteiger partial charge on any atom is 0.237 e. The largest absolute Gasteiger partial charge is 0.496 e. The lowest BCUT2D eigenvalue weighted by Gasteiger charge is -2.19. The van der Waals surface area contributed by atoms with Gasteiger partial charge in [0.2, 0.25) is 17.0 Å². The van der Waals surface area contributed by atoms with Gasteiger partial charge >= 0.3 is 0 Å². The Labute approximate surface area is 177 Å². The third kappa shape index (κ3) is 4.33. The predicted octanol–water partition coefficient (Wildman–Crippen LogP) is 2.77. The monoisotopic (exact) mass is 424 g/mol. The number of anilines is 1. The number of nitrogens with zero attached hydrogens (tertiary/aromatic N) is 4. The number of fused-ring (bicyclic) bond motifs is 1. The zero-order valence-electron chi connectivity index (χ0n) is 16.5. The number of aromatic nitrogens is 5. The summed E-state index contributed by atoms with van der Waals surface area (Å²) in [6.45, 7) is 2.01. The number of thioether (sulfide) groups is 1. The normalized spacial score (nSPS) is 15.5. The van der Waals surface area contributed by atoms with E-state index >= 15 is 0 Å². The smallest absolute Gasteiger partial charge is 0.237 e. The van der Waals surface area contributed by atoms with E-state index in [4.69, 9.17) is 4.74 Å². The van der Waals surface area contributed by atoms with Crippen molar-refractivity contribution in [3.8, 4) is 17.1 Å². The highest BCUT2D eigenvalue weighted by Gasteiger charge is 2.24. The van der Waals surface area contributed by atoms with Crippen molar-refractivity contribution in [2.75, 3.05) is 18.2 Å². The summed E-state index contributed by atoms with van der Waals surface area (Å²) in [6, 6.07) is 7.47. The molecule has 0 bridgehead atoms. The standard InChI is InChI=1S/C20H20N6O3S/c1-11-7-14-13(15(27)8-11)9-21-19(22-14)23-17(28)10-30-20-24-18(25-26-20)12-5-3-4-6-16(12)29-2/h3-6,9,11H,7-8,10H2,1-2H3,(H,24,25,26)(H,21,22,23,28). The van der Waals surface area contributed by atoms with Crippen LogP contribution in [-0.2, 0) is 11.2 Å². The van der Waals surface area contributed by atoms with Gasteiger partial charge in [0.05, 0.1) is 29.7 Å². The second-order valence-electron chi connectivity index (χ2n) is 6.99. The molecule has 1 amide bonds. The second kappa shape index (κ2) is 8.62. The van der Waals surface area contributed by atoms with Gasteiger partial charge < -0.3 is 4.74 Å². The summed E-state index contributed by atoms with van der Waals surface area (Å²) in [5.74, 6) is 1.55. The van der Waals surface area contributed by atoms with Gasteiger partial charge in [-0.2, -0.15) is 0 Å². The van der Waals surface area contributed by atoms with Crippen molar-refractivity contribution in [3.63, 3.8) is 0 Å². The Morgan fingerprint density at radius 1 is 1.27 bits per heavy atom. The van der Waals surface area contributed by atoms with E-state index in [-0.39, 0.29) is 29.3 Å². The first-order valence-electron chi connectivity index (χ1n) is 9.41. The van der Waals surface area contributed by atoms with Crippen LogP contribution >= 0.6 is 11.8 Å². The minimum atomic E-state index is -0.279. The molecule has 3 aromatic rings. The molecule has 0 saturated heterocycles. The van der Waals surface area contributed by atoms with Gasteiger partial charge in [0.15, 0.2) is 11.6 Å². The first kappa shape index (κ1) is 20.0. The van der Waals surface area contributed by atoms with Crippen LogP contribution in [0.5, 0.6) is 5.75 Å². The average Bonchev–Trinajstić information content (AvgIpc) is 3.20. The number of H-pyrrole nitrogens is 1. The second-order valence-corrected chi connectivity index (χ2v) is 7.94. The van der Waals surface area contributed by atoms with Crippen molar-refractivity contribution in [3.05, 3.63) is 41.7 Å². The number of benzene rings is 1. The Kier molecular flexibility index (Phi) is 5.75. The third-order valence-corrected chi connectivity index (χ3v) is 5.50. The van der Waals surface area contributed by atoms with E-state index in [1.165, 1.54) is 18.0 Å². The summed E-state index contributed by atoms with van der Waals surface area (Å²) in [6.07, 6.45) is 2.70. The first-order chi connectivity index (χ1) is 14.5. The number of nitrogens with one attached hydrogen (secondary N) is 2. The number of Topliss-reactive ketones (excluding diaryl/α,β-unsaturated/α-hetero) is 1. The molecule has 0 aliphatic heterocycles. The van der Waals surface area contributed by atoms with Crippen LogP contribution in [0.3, 0.4) is 0 Å². The summed E-state index contributed by atoms with van der Waals surface area (Å²) >= 11 is 1.19. The van der Waals surface area contributed by atoms with Crippen LogP contribution in [0.25, 0.3) is 11.4 Å². The number of amides is 1. The van der Waals surface area contributed by atoms with Gasteiger partial charge in [-0.1, -0.05) is 30.8 Å². The van der Waals surface area contributed by atoms with E-state index < -0.39 is 0 Å². The molecule has 1 aromatic carbocycles. The number of rotatable bonds is 6. The summed E-state index contributed by atoms with van der Waals surface area (Å²) < 4.78 is 5.33. The zero-order chi connectivity index (χ0) is 21.1. The number of carbonyl (C=O) groups excluding carboxylic acids is 2. The molecule has 1 unspecified atom stereocenters. The van der Waals surface area contributed by atoms with Gasteiger partial charge in [0.1, 0.15) is 5.75 Å². The molecule has 10 heteroatoms. The number of para-hydroxylation sites is 1. The van der Waals surface area contributed by atoms with Crippen molar-refractivity contribution < 1.29 is 14.3 Å². The van der Waals surface area contributed by atoms with Crippen LogP contribution in [0.15, 0.2) is 35.6 Å². The lowest BCUT2D eigenvalue weighted by Crippen LogP contribution is -2.22. The highest BCUT2D eigenvalue weighted by Crippen LogP contribution is 2.28. The molecule has 1 aliphatic carbocycles. The van der Waals surface area contributed by atoms with E-state index in [9.17, 15) is 9.59 Å². The highest BCUT2D eigenvalue weighted by molar-refractivity contribution is 7.99. The quantitative estimate of drug-likeness (QED) is 0.579. The fraction of sp³-hybridized carbons (Fsp3) is 0.300. The van der Waals surface area contributed by atoms with Gasteiger partial charge in [-0.05, 0) is 24.5 Å². The van der Waals surface area contributed by atoms with Crippen molar-refractivity contribution in [2.45, 2.75) is 24.9 Å². The topological polar surface area (TPSA) is 123 Å². The number of ether oxygens (including phenoxy) is 1. The van der Waals surface area contributed by atoms with E-state index in [0.29, 0.717) is 40.8 Å². The number of aromatic amines is 1. The lowest BCUT2D eigenvalue weighted by atomic mass is 9.88. The number of ketones is 1. The van der Waals surface area contributed by atoms with Gasteiger partial charge in [0.25, 0.3) is 0 Å². The molecule has 0 saturated carbocycles. The molecule has 0 spiro atoms. The third-order valence-electron chi connectivity index (χ3n) is 4.65. The lowest BCUT2D eigenvalue weighted by molar-refractivity contribution is -0.113. The minimum Gasteiger partial charge on any atom is -0.496 e. The Balaban J connectivity index is 1.37. The van der Waals surface area contributed by atoms with Gasteiger partial charge in [-0.25, -0.2) is 15.0 Å². The first-order valence-corrected chi connectivity index (χ1v) is 10.4. The van der Waals surface area contributed by atoms with Crippen LogP contribution in [0.1, 0.15) is 29.4 Å². The molecule has 2 heterocycles. The van der Waals surface area contributed by atoms with Crippen LogP contribution in [0.4, 0.5) is 5.95 Å². The molecule has 4 rings (SSSR count). The van der Waals surface area contributed by atoms with Gasteiger partial charge in [-0.3, -0.25) is 20.0 Å². The average molecular weight is 424 g/mol. The number of hydrogen-bond acceptors (Lipinski definition) is 8. The molecule has 30 heavy (non-hydrogen) atoms. The van der Waals surface area contributed by atoms with E-state index in [1.807, 2.05) is 31.2 Å². The van der Waals surface area contributed by atoms with Crippen molar-refractivity contribution in [2.24, 2.45) is 5.92 Å². The predicted molar refractivity (Wildman–Crippen MR) is 112 cm³/mol. The summed E-state index contributed by atoms with van der Waals surface area (Å²) in [5, 5.41) is 10.1. The van der Waals surface area contributed by atoms with Crippen molar-refractivity contribution >= 4 is 29.4 Å². The molecule has 0 fully saturated rings. The molecule has 2 aromatic heterocycles. The van der Waals surface area contributed by atoms with Gasteiger partial charge in [-0.15, -0.1) is 5.10 Å². The van der Waals surface area contributed by atoms with Crippen molar-refractivity contribution in [1.29, 1.82) is 0 Å². The SMILES string of the molecule is COc1ccccc1-c1nc(SCC(=O)Nc2ncc3c(n2)CC(C)CC3=O)n[nH]1. The highest BCUT2D eigenvalue weighted by atomic mass is 32.2. The zero-order valence-corrected chi connectivity index (χ0v) is 17.3. The Morgan fingerprint density at radius 3 is 2.93 bits per heavy atom. The minimum absolute atomic E-state index is 0.0487. The maximum atomic E-state index is 12.3. The molecule has 154 valence electrons. The number of hydrogen-bond donors (Lipinski definition) is 2. The fourth-order valence-electron chi connectivity index (χ4n) is 3.26. The molecular weight excluding hydrogens is 404 g/mol. The Bertz CT molecular complexity index is 1100. The summed E-state index contributed by atoms with van der Waals surface area (Å²) in [7, 11) is 1.59. The number of methoxy groups -OCH3 is 1. The number of carbonyl (C=O) groups is 2. The van der Waals surface area contributed by atoms with Crippen LogP contribution in [-0.4, -0.2) is 49.7 Å². The van der Waals surface area contributed by atoms with Gasteiger partial charge in [0, 0.05) is 12.6 Å². The van der Waals surface area contributed by atoms with E-state index in [1.54, 1.807) is 7.11 Å². The molecule has 9 nitrogen and oxygen atoms in total. The van der Waals surface area contributed by atoms with E-state index in [0.717, 1.165) is 5.56 Å². The maximum absolute atomic E-state index is 12.3.